The van der Waals surface area contributed by atoms with Gasteiger partial charge in [-0.05, 0) is 53.4 Å². The molecule has 5 aliphatic rings. The number of aliphatic hydroxyl groups excluding tert-OH is 4. The van der Waals surface area contributed by atoms with Crippen molar-refractivity contribution in [1.82, 2.24) is 0 Å². The second-order valence-electron chi connectivity index (χ2n) is 13.1. The number of rotatable bonds is 2. The van der Waals surface area contributed by atoms with E-state index in [0.717, 1.165) is 0 Å². The number of fused-ring (bicyclic) bond motifs is 4. The highest BCUT2D eigenvalue weighted by atomic mass is 16.6. The Morgan fingerprint density at radius 2 is 1.62 bits per heavy atom. The van der Waals surface area contributed by atoms with Crippen LogP contribution in [-0.4, -0.2) is 62.7 Å². The Bertz CT molecular complexity index is 970. The molecule has 0 bridgehead atoms. The molecule has 0 aromatic carbocycles. The molecule has 34 heavy (non-hydrogen) atoms. The van der Waals surface area contributed by atoms with E-state index in [0.29, 0.717) is 43.3 Å². The molecule has 5 rings (SSSR count). The van der Waals surface area contributed by atoms with Gasteiger partial charge in [-0.1, -0.05) is 34.6 Å². The second kappa shape index (κ2) is 7.15. The molecular formula is C27H40O7. The van der Waals surface area contributed by atoms with Crippen LogP contribution >= 0.6 is 0 Å². The van der Waals surface area contributed by atoms with E-state index in [9.17, 15) is 30.0 Å². The lowest BCUT2D eigenvalue weighted by atomic mass is 9.42. The number of carbonyl (C=O) groups excluding carboxylic acids is 2. The third-order valence-electron chi connectivity index (χ3n) is 11.5. The molecule has 1 unspecified atom stereocenters. The zero-order chi connectivity index (χ0) is 25.1. The average Bonchev–Trinajstić information content (AvgIpc) is 3.24. The molecule has 1 aliphatic heterocycles. The Morgan fingerprint density at radius 1 is 0.941 bits per heavy atom. The summed E-state index contributed by atoms with van der Waals surface area (Å²) in [4.78, 5) is 26.2. The van der Waals surface area contributed by atoms with E-state index in [2.05, 4.69) is 6.92 Å². The summed E-state index contributed by atoms with van der Waals surface area (Å²) in [5, 5.41) is 44.4. The molecule has 0 aromatic heterocycles. The van der Waals surface area contributed by atoms with Crippen LogP contribution in [0.25, 0.3) is 0 Å². The first-order valence-electron chi connectivity index (χ1n) is 12.8. The Labute approximate surface area is 201 Å². The number of ketones is 1. The minimum Gasteiger partial charge on any atom is -0.456 e. The van der Waals surface area contributed by atoms with Crippen LogP contribution in [0.3, 0.4) is 0 Å². The Kier molecular flexibility index (Phi) is 5.13. The van der Waals surface area contributed by atoms with Crippen LogP contribution in [0.5, 0.6) is 0 Å². The Morgan fingerprint density at radius 3 is 2.21 bits per heavy atom. The molecule has 0 radical (unpaired) electrons. The maximum Gasteiger partial charge on any atom is 0.306 e. The van der Waals surface area contributed by atoms with Crippen molar-refractivity contribution < 1.29 is 34.8 Å². The third-order valence-corrected chi connectivity index (χ3v) is 11.5. The largest absolute Gasteiger partial charge is 0.456 e. The molecule has 1 saturated heterocycles. The van der Waals surface area contributed by atoms with E-state index in [4.69, 9.17) is 4.74 Å². The molecule has 0 amide bonds. The number of ether oxygens (including phenoxy) is 1. The van der Waals surface area contributed by atoms with E-state index >= 15 is 0 Å². The van der Waals surface area contributed by atoms with Crippen molar-refractivity contribution in [3.8, 4) is 0 Å². The zero-order valence-electron chi connectivity index (χ0n) is 21.1. The zero-order valence-corrected chi connectivity index (χ0v) is 21.1. The number of Topliss-reactive ketones (excluding diaryl/α,β-unsaturated/α-hetero) is 1. The standard InChI is InChI=1S/C27H40O7/c1-23(2)16-10-14(29)22-21(24(16,3)8-6-18(23)31)15(30)12-25(4)17(11-19(32)26(22,25)5)27(13-28)9-7-20(33)34-27/h14,16-19,28-29,31-32H,6-13H2,1-5H3/t14-,16-,17-,18-,19-,24-,25+,26-,27?/m0/s1. The van der Waals surface area contributed by atoms with Gasteiger partial charge in [0.05, 0.1) is 24.9 Å². The van der Waals surface area contributed by atoms with Crippen molar-refractivity contribution >= 4 is 11.8 Å². The summed E-state index contributed by atoms with van der Waals surface area (Å²) >= 11 is 0. The van der Waals surface area contributed by atoms with Crippen LogP contribution in [0.1, 0.15) is 79.6 Å². The highest BCUT2D eigenvalue weighted by Crippen LogP contribution is 2.72. The fraction of sp³-hybridized carbons (Fsp3) is 0.852. The van der Waals surface area contributed by atoms with Gasteiger partial charge in [-0.15, -0.1) is 0 Å². The molecule has 7 nitrogen and oxygen atoms in total. The van der Waals surface area contributed by atoms with Gasteiger partial charge in [0.2, 0.25) is 0 Å². The van der Waals surface area contributed by atoms with Gasteiger partial charge in [0, 0.05) is 36.2 Å². The fourth-order valence-corrected chi connectivity index (χ4v) is 9.37. The smallest absolute Gasteiger partial charge is 0.306 e. The van der Waals surface area contributed by atoms with Gasteiger partial charge < -0.3 is 25.2 Å². The van der Waals surface area contributed by atoms with E-state index < -0.39 is 51.5 Å². The van der Waals surface area contributed by atoms with Gasteiger partial charge in [0.25, 0.3) is 0 Å². The molecule has 190 valence electrons. The van der Waals surface area contributed by atoms with E-state index in [1.54, 1.807) is 0 Å². The average molecular weight is 477 g/mol. The first-order chi connectivity index (χ1) is 15.7. The molecule has 3 fully saturated rings. The number of allylic oxidation sites excluding steroid dienone is 1. The normalized spacial score (nSPS) is 52.2. The summed E-state index contributed by atoms with van der Waals surface area (Å²) in [6, 6.07) is 0. The SMILES string of the molecule is CC1(C)[C@@H](O)CC[C@]2(C)C3=C([C@@H](O)C[C@@H]12)[C@]1(C)[C@@H](O)C[C@H](C2(CO)CCC(=O)O2)[C@@]1(C)CC3=O. The minimum atomic E-state index is -1.12. The molecule has 4 aliphatic carbocycles. The number of aliphatic hydroxyl groups is 4. The summed E-state index contributed by atoms with van der Waals surface area (Å²) < 4.78 is 5.71. The number of hydrogen-bond donors (Lipinski definition) is 4. The van der Waals surface area contributed by atoms with E-state index in [-0.39, 0.29) is 37.1 Å². The van der Waals surface area contributed by atoms with E-state index in [1.807, 2.05) is 27.7 Å². The lowest BCUT2D eigenvalue weighted by Crippen LogP contribution is -2.62. The molecule has 0 spiro atoms. The summed E-state index contributed by atoms with van der Waals surface area (Å²) in [5.41, 5.74) is -2.46. The first-order valence-corrected chi connectivity index (χ1v) is 12.8. The van der Waals surface area contributed by atoms with E-state index in [1.165, 1.54) is 0 Å². The maximum atomic E-state index is 14.1. The number of cyclic esters (lactones) is 1. The lowest BCUT2D eigenvalue weighted by Gasteiger charge is -2.62. The van der Waals surface area contributed by atoms with Crippen molar-refractivity contribution in [2.45, 2.75) is 103 Å². The predicted molar refractivity (Wildman–Crippen MR) is 123 cm³/mol. The van der Waals surface area contributed by atoms with Crippen molar-refractivity contribution in [3.05, 3.63) is 11.1 Å². The van der Waals surface area contributed by atoms with Crippen LogP contribution in [0.4, 0.5) is 0 Å². The van der Waals surface area contributed by atoms with Gasteiger partial charge in [0.1, 0.15) is 5.60 Å². The van der Waals surface area contributed by atoms with Gasteiger partial charge in [0.15, 0.2) is 5.78 Å². The molecule has 1 heterocycles. The van der Waals surface area contributed by atoms with Crippen LogP contribution < -0.4 is 0 Å². The van der Waals surface area contributed by atoms with Gasteiger partial charge in [-0.25, -0.2) is 0 Å². The number of carbonyl (C=O) groups is 2. The van der Waals surface area contributed by atoms with Gasteiger partial charge in [-0.2, -0.15) is 0 Å². The number of esters is 1. The topological polar surface area (TPSA) is 124 Å². The van der Waals surface area contributed by atoms with Gasteiger partial charge >= 0.3 is 5.97 Å². The molecule has 2 saturated carbocycles. The minimum absolute atomic E-state index is 0.0232. The lowest BCUT2D eigenvalue weighted by molar-refractivity contribution is -0.168. The second-order valence-corrected chi connectivity index (χ2v) is 13.1. The van der Waals surface area contributed by atoms with Crippen LogP contribution in [0, 0.1) is 33.5 Å². The number of hydrogen-bond acceptors (Lipinski definition) is 7. The Hall–Kier alpha value is -1.28. The van der Waals surface area contributed by atoms with Crippen molar-refractivity contribution in [3.63, 3.8) is 0 Å². The highest BCUT2D eigenvalue weighted by molar-refractivity contribution is 6.00. The van der Waals surface area contributed by atoms with Crippen molar-refractivity contribution in [1.29, 1.82) is 0 Å². The predicted octanol–water partition coefficient (Wildman–Crippen LogP) is 2.29. The first kappa shape index (κ1) is 24.4. The molecule has 7 heteroatoms. The highest BCUT2D eigenvalue weighted by Gasteiger charge is 2.73. The quantitative estimate of drug-likeness (QED) is 0.451. The maximum absolute atomic E-state index is 14.1. The van der Waals surface area contributed by atoms with Crippen LogP contribution in [0.15, 0.2) is 11.1 Å². The molecule has 0 aromatic rings. The third kappa shape index (κ3) is 2.67. The summed E-state index contributed by atoms with van der Waals surface area (Å²) in [6.07, 6.45) is 0.451. The van der Waals surface area contributed by atoms with Crippen LogP contribution in [-0.2, 0) is 14.3 Å². The monoisotopic (exact) mass is 476 g/mol. The molecule has 9 atom stereocenters. The Balaban J connectivity index is 1.69. The van der Waals surface area contributed by atoms with Crippen molar-refractivity contribution in [2.75, 3.05) is 6.61 Å². The molecule has 4 N–H and O–H groups in total. The van der Waals surface area contributed by atoms with Crippen LogP contribution in [0.2, 0.25) is 0 Å². The van der Waals surface area contributed by atoms with Crippen molar-refractivity contribution in [2.24, 2.45) is 33.5 Å². The summed E-state index contributed by atoms with van der Waals surface area (Å²) in [5.74, 6) is -0.858. The van der Waals surface area contributed by atoms with Gasteiger partial charge in [-0.3, -0.25) is 9.59 Å². The fourth-order valence-electron chi connectivity index (χ4n) is 9.37. The summed E-state index contributed by atoms with van der Waals surface area (Å²) in [7, 11) is 0. The summed E-state index contributed by atoms with van der Waals surface area (Å²) in [6.45, 7) is 9.72. The molecular weight excluding hydrogens is 436 g/mol.